The van der Waals surface area contributed by atoms with Crippen LogP contribution in [0.3, 0.4) is 0 Å². The third-order valence-electron chi connectivity index (χ3n) is 9.05. The first-order valence-electron chi connectivity index (χ1n) is 16.5. The molecule has 2 aromatic carbocycles. The van der Waals surface area contributed by atoms with Gasteiger partial charge in [-0.05, 0) is 35.4 Å². The van der Waals surface area contributed by atoms with Crippen LogP contribution in [0.5, 0.6) is 17.2 Å². The molecule has 3 heterocycles. The highest BCUT2D eigenvalue weighted by atomic mass is 16.8. The summed E-state index contributed by atoms with van der Waals surface area (Å²) in [6, 6.07) is 12.1. The van der Waals surface area contributed by atoms with Crippen molar-refractivity contribution in [2.75, 3.05) is 34.0 Å². The van der Waals surface area contributed by atoms with E-state index in [1.54, 1.807) is 44.6 Å². The first kappa shape index (κ1) is 40.2. The molecule has 5 rings (SSSR count). The van der Waals surface area contributed by atoms with E-state index in [1.165, 1.54) is 0 Å². The zero-order chi connectivity index (χ0) is 37.7. The van der Waals surface area contributed by atoms with Gasteiger partial charge in [0.1, 0.15) is 90.5 Å². The molecule has 2 aromatic rings. The van der Waals surface area contributed by atoms with Crippen molar-refractivity contribution < 1.29 is 89.0 Å². The number of rotatable bonds is 13. The summed E-state index contributed by atoms with van der Waals surface area (Å²) in [4.78, 5) is 0. The predicted octanol–water partition coefficient (Wildman–Crippen LogP) is -3.30. The molecule has 18 nitrogen and oxygen atoms in total. The van der Waals surface area contributed by atoms with E-state index >= 15 is 0 Å². The van der Waals surface area contributed by atoms with Gasteiger partial charge in [0.25, 0.3) is 0 Å². The van der Waals surface area contributed by atoms with Crippen LogP contribution in [-0.4, -0.2) is 177 Å². The lowest BCUT2D eigenvalue weighted by Crippen LogP contribution is -2.67. The SMILES string of the molecule is COc1cc(/C=C/c2ccc(OC3OC(CO)C(O)C(OC4OC(CO)C(O)C(OC5OC(CO)C(O)C(O)C5O)C4O)C3O)cc2)cc(OC)c1. The summed E-state index contributed by atoms with van der Waals surface area (Å²) in [6.45, 7) is -2.34. The highest BCUT2D eigenvalue weighted by molar-refractivity contribution is 5.71. The summed E-state index contributed by atoms with van der Waals surface area (Å²) in [5.74, 6) is 1.49. The molecule has 3 fully saturated rings. The zero-order valence-electron chi connectivity index (χ0n) is 28.2. The topological polar surface area (TPSA) is 276 Å². The van der Waals surface area contributed by atoms with Crippen molar-refractivity contribution in [3.8, 4) is 17.2 Å². The van der Waals surface area contributed by atoms with Crippen LogP contribution in [0.15, 0.2) is 42.5 Å². The van der Waals surface area contributed by atoms with Gasteiger partial charge >= 0.3 is 0 Å². The van der Waals surface area contributed by atoms with E-state index in [9.17, 15) is 51.1 Å². The van der Waals surface area contributed by atoms with Crippen molar-refractivity contribution >= 4 is 12.2 Å². The lowest BCUT2D eigenvalue weighted by molar-refractivity contribution is -0.378. The molecule has 3 saturated heterocycles. The highest BCUT2D eigenvalue weighted by Crippen LogP contribution is 2.33. The van der Waals surface area contributed by atoms with Gasteiger partial charge in [-0.15, -0.1) is 0 Å². The van der Waals surface area contributed by atoms with Crippen molar-refractivity contribution in [2.45, 2.75) is 92.1 Å². The molecule has 290 valence electrons. The van der Waals surface area contributed by atoms with Gasteiger partial charge in [-0.25, -0.2) is 0 Å². The highest BCUT2D eigenvalue weighted by Gasteiger charge is 2.54. The largest absolute Gasteiger partial charge is 0.497 e. The lowest BCUT2D eigenvalue weighted by atomic mass is 9.96. The molecule has 0 aromatic heterocycles. The Morgan fingerprint density at radius 3 is 1.44 bits per heavy atom. The molecule has 0 radical (unpaired) electrons. The number of ether oxygens (including phenoxy) is 8. The van der Waals surface area contributed by atoms with Crippen LogP contribution in [0.1, 0.15) is 11.1 Å². The molecule has 0 saturated carbocycles. The van der Waals surface area contributed by atoms with Gasteiger partial charge in [-0.3, -0.25) is 0 Å². The molecule has 10 N–H and O–H groups in total. The van der Waals surface area contributed by atoms with E-state index in [2.05, 4.69) is 0 Å². The number of hydrogen-bond donors (Lipinski definition) is 10. The standard InChI is InChI=1S/C34H46O18/c1-45-18-9-16(10-19(11-18)46-2)4-3-15-5-7-17(8-6-15)47-33-28(43)30(24(39)21(13-36)49-33)52-34-29(44)31(25(40)22(14-37)50-34)51-32-27(42)26(41)23(38)20(12-35)48-32/h3-11,20-44H,12-14H2,1-2H3/b4-3+. The Hall–Kier alpha value is -3.02. The molecule has 15 atom stereocenters. The third kappa shape index (κ3) is 8.84. The average molecular weight is 743 g/mol. The van der Waals surface area contributed by atoms with Crippen molar-refractivity contribution in [3.05, 3.63) is 53.6 Å². The fourth-order valence-electron chi connectivity index (χ4n) is 6.04. The van der Waals surface area contributed by atoms with Gasteiger partial charge in [0.2, 0.25) is 6.29 Å². The monoisotopic (exact) mass is 742 g/mol. The van der Waals surface area contributed by atoms with Gasteiger partial charge in [-0.1, -0.05) is 24.3 Å². The van der Waals surface area contributed by atoms with Gasteiger partial charge in [0.15, 0.2) is 12.6 Å². The number of aliphatic hydroxyl groups is 10. The summed E-state index contributed by atoms with van der Waals surface area (Å²) >= 11 is 0. The van der Waals surface area contributed by atoms with E-state index in [-0.39, 0.29) is 5.75 Å². The molecule has 0 aliphatic carbocycles. The van der Waals surface area contributed by atoms with Crippen molar-refractivity contribution in [1.29, 1.82) is 0 Å². The van der Waals surface area contributed by atoms with Crippen LogP contribution in [0.2, 0.25) is 0 Å². The summed E-state index contributed by atoms with van der Waals surface area (Å²) in [7, 11) is 3.11. The van der Waals surface area contributed by atoms with Crippen LogP contribution in [0.25, 0.3) is 12.2 Å². The minimum absolute atomic E-state index is 0.237. The third-order valence-corrected chi connectivity index (χ3v) is 9.05. The van der Waals surface area contributed by atoms with E-state index in [0.717, 1.165) is 11.1 Å². The summed E-state index contributed by atoms with van der Waals surface area (Å²) < 4.78 is 44.3. The number of methoxy groups -OCH3 is 2. The molecule has 3 aliphatic rings. The predicted molar refractivity (Wildman–Crippen MR) is 175 cm³/mol. The van der Waals surface area contributed by atoms with E-state index in [4.69, 9.17) is 37.9 Å². The molecule has 3 aliphatic heterocycles. The Bertz CT molecular complexity index is 1420. The van der Waals surface area contributed by atoms with E-state index in [0.29, 0.717) is 11.5 Å². The molecule has 52 heavy (non-hydrogen) atoms. The average Bonchev–Trinajstić information content (AvgIpc) is 3.16. The Balaban J connectivity index is 1.28. The van der Waals surface area contributed by atoms with Gasteiger partial charge in [-0.2, -0.15) is 0 Å². The van der Waals surface area contributed by atoms with E-state index < -0.39 is 112 Å². The zero-order valence-corrected chi connectivity index (χ0v) is 28.2. The van der Waals surface area contributed by atoms with Crippen molar-refractivity contribution in [1.82, 2.24) is 0 Å². The maximum absolute atomic E-state index is 11.2. The normalized spacial score (nSPS) is 38.3. The lowest BCUT2D eigenvalue weighted by Gasteiger charge is -2.48. The van der Waals surface area contributed by atoms with Crippen LogP contribution in [-0.2, 0) is 23.7 Å². The fourth-order valence-corrected chi connectivity index (χ4v) is 6.04. The van der Waals surface area contributed by atoms with Crippen LogP contribution in [0, 0.1) is 0 Å². The Labute approximate surface area is 298 Å². The van der Waals surface area contributed by atoms with Crippen LogP contribution < -0.4 is 14.2 Å². The van der Waals surface area contributed by atoms with E-state index in [1.807, 2.05) is 24.3 Å². The smallest absolute Gasteiger partial charge is 0.229 e. The molecule has 0 bridgehead atoms. The maximum atomic E-state index is 11.2. The second-order valence-electron chi connectivity index (χ2n) is 12.5. The van der Waals surface area contributed by atoms with Crippen molar-refractivity contribution in [2.24, 2.45) is 0 Å². The Kier molecular flexibility index (Phi) is 13.8. The quantitative estimate of drug-likeness (QED) is 0.0900. The van der Waals surface area contributed by atoms with Gasteiger partial charge in [0, 0.05) is 6.07 Å². The molecule has 0 amide bonds. The minimum atomic E-state index is -1.95. The minimum Gasteiger partial charge on any atom is -0.497 e. The first-order chi connectivity index (χ1) is 24.9. The number of benzene rings is 2. The second-order valence-corrected chi connectivity index (χ2v) is 12.5. The number of aliphatic hydroxyl groups excluding tert-OH is 10. The molecular weight excluding hydrogens is 696 g/mol. The second kappa shape index (κ2) is 17.9. The van der Waals surface area contributed by atoms with Crippen LogP contribution >= 0.6 is 0 Å². The van der Waals surface area contributed by atoms with Crippen molar-refractivity contribution in [3.63, 3.8) is 0 Å². The summed E-state index contributed by atoms with van der Waals surface area (Å²) in [5.41, 5.74) is 1.61. The number of hydrogen-bond acceptors (Lipinski definition) is 18. The van der Waals surface area contributed by atoms with Crippen LogP contribution in [0.4, 0.5) is 0 Å². The molecule has 15 unspecified atom stereocenters. The Morgan fingerprint density at radius 1 is 0.500 bits per heavy atom. The Morgan fingerprint density at radius 2 is 0.942 bits per heavy atom. The molecule has 0 spiro atoms. The summed E-state index contributed by atoms with van der Waals surface area (Å²) in [6.07, 6.45) is -21.6. The fraction of sp³-hybridized carbons (Fsp3) is 0.588. The first-order valence-corrected chi connectivity index (χ1v) is 16.5. The van der Waals surface area contributed by atoms with Gasteiger partial charge < -0.3 is 89.0 Å². The molecular formula is C34H46O18. The van der Waals surface area contributed by atoms with Gasteiger partial charge in [0.05, 0.1) is 34.0 Å². The molecule has 18 heteroatoms. The summed E-state index contributed by atoms with van der Waals surface area (Å²) in [5, 5.41) is 104. The maximum Gasteiger partial charge on any atom is 0.229 e.